The number of nitrogens with one attached hydrogen (secondary N) is 1. The van der Waals surface area contributed by atoms with Gasteiger partial charge in [-0.25, -0.2) is 4.98 Å². The van der Waals surface area contributed by atoms with Crippen LogP contribution in [0.5, 0.6) is 0 Å². The molecule has 6 heteroatoms. The fraction of sp³-hybridized carbons (Fsp3) is 0.412. The van der Waals surface area contributed by atoms with E-state index in [4.69, 9.17) is 13.9 Å². The molecule has 0 radical (unpaired) electrons. The van der Waals surface area contributed by atoms with Gasteiger partial charge in [0.15, 0.2) is 11.7 Å². The predicted octanol–water partition coefficient (Wildman–Crippen LogP) is 2.05. The van der Waals surface area contributed by atoms with Crippen LogP contribution in [0.1, 0.15) is 12.3 Å². The van der Waals surface area contributed by atoms with Crippen LogP contribution in [-0.2, 0) is 20.7 Å². The van der Waals surface area contributed by atoms with Gasteiger partial charge in [0.05, 0.1) is 26.0 Å². The molecule has 2 rings (SSSR count). The molecule has 0 saturated heterocycles. The third kappa shape index (κ3) is 6.22. The van der Waals surface area contributed by atoms with Crippen LogP contribution in [-0.4, -0.2) is 44.4 Å². The normalized spacial score (nSPS) is 10.7. The van der Waals surface area contributed by atoms with E-state index in [1.165, 1.54) is 0 Å². The van der Waals surface area contributed by atoms with E-state index in [1.54, 1.807) is 13.3 Å². The second kappa shape index (κ2) is 9.76. The average Bonchev–Trinajstić information content (AvgIpc) is 3.06. The molecule has 0 bridgehead atoms. The topological polar surface area (TPSA) is 73.6 Å². The minimum absolute atomic E-state index is 0.0418. The molecule has 1 aromatic heterocycles. The molecular weight excluding hydrogens is 296 g/mol. The van der Waals surface area contributed by atoms with Crippen molar-refractivity contribution in [1.82, 2.24) is 10.3 Å². The molecule has 1 amide bonds. The van der Waals surface area contributed by atoms with Crippen LogP contribution in [0.25, 0.3) is 11.3 Å². The molecule has 0 spiro atoms. The number of hydrogen-bond donors (Lipinski definition) is 1. The molecule has 1 aromatic carbocycles. The molecule has 0 saturated carbocycles. The van der Waals surface area contributed by atoms with Crippen molar-refractivity contribution in [2.75, 3.05) is 33.5 Å². The summed E-state index contributed by atoms with van der Waals surface area (Å²) in [5.41, 5.74) is 0.976. The largest absolute Gasteiger partial charge is 0.441 e. The highest BCUT2D eigenvalue weighted by atomic mass is 16.5. The Morgan fingerprint density at radius 2 is 2.04 bits per heavy atom. The SMILES string of the molecule is COCCOCCNC(=O)CCc1ncc(-c2ccccc2)o1. The zero-order valence-electron chi connectivity index (χ0n) is 13.3. The first kappa shape index (κ1) is 17.2. The molecule has 23 heavy (non-hydrogen) atoms. The molecule has 1 heterocycles. The first-order valence-corrected chi connectivity index (χ1v) is 7.63. The van der Waals surface area contributed by atoms with Crippen molar-refractivity contribution < 1.29 is 18.7 Å². The molecular formula is C17H22N2O4. The van der Waals surface area contributed by atoms with Gasteiger partial charge in [0.1, 0.15) is 0 Å². The van der Waals surface area contributed by atoms with Gasteiger partial charge in [0.25, 0.3) is 0 Å². The van der Waals surface area contributed by atoms with Crippen LogP contribution in [0.4, 0.5) is 0 Å². The van der Waals surface area contributed by atoms with Gasteiger partial charge in [-0.1, -0.05) is 30.3 Å². The van der Waals surface area contributed by atoms with Gasteiger partial charge in [-0.15, -0.1) is 0 Å². The summed E-state index contributed by atoms with van der Waals surface area (Å²) in [6, 6.07) is 9.75. The molecule has 0 aliphatic rings. The van der Waals surface area contributed by atoms with Gasteiger partial charge in [-0.05, 0) is 0 Å². The van der Waals surface area contributed by atoms with E-state index in [-0.39, 0.29) is 5.91 Å². The highest BCUT2D eigenvalue weighted by Gasteiger charge is 2.08. The second-order valence-corrected chi connectivity index (χ2v) is 4.94. The number of carbonyl (C=O) groups is 1. The summed E-state index contributed by atoms with van der Waals surface area (Å²) in [7, 11) is 1.62. The number of hydrogen-bond acceptors (Lipinski definition) is 5. The summed E-state index contributed by atoms with van der Waals surface area (Å²) in [5.74, 6) is 1.24. The maximum atomic E-state index is 11.7. The number of aromatic nitrogens is 1. The summed E-state index contributed by atoms with van der Waals surface area (Å²) >= 11 is 0. The van der Waals surface area contributed by atoms with Crippen molar-refractivity contribution >= 4 is 5.91 Å². The maximum absolute atomic E-state index is 11.7. The Morgan fingerprint density at radius 1 is 1.22 bits per heavy atom. The van der Waals surface area contributed by atoms with Gasteiger partial charge in [-0.2, -0.15) is 0 Å². The van der Waals surface area contributed by atoms with Crippen LogP contribution >= 0.6 is 0 Å². The lowest BCUT2D eigenvalue weighted by molar-refractivity contribution is -0.121. The molecule has 6 nitrogen and oxygen atoms in total. The molecule has 1 N–H and O–H groups in total. The Kier molecular flexibility index (Phi) is 7.29. The molecule has 0 aliphatic heterocycles. The summed E-state index contributed by atoms with van der Waals surface area (Å²) in [6.07, 6.45) is 2.50. The summed E-state index contributed by atoms with van der Waals surface area (Å²) in [5, 5.41) is 2.79. The Morgan fingerprint density at radius 3 is 2.83 bits per heavy atom. The molecule has 0 fully saturated rings. The van der Waals surface area contributed by atoms with E-state index in [0.717, 1.165) is 5.56 Å². The summed E-state index contributed by atoms with van der Waals surface area (Å²) in [6.45, 7) is 2.06. The second-order valence-electron chi connectivity index (χ2n) is 4.94. The van der Waals surface area contributed by atoms with Crippen LogP contribution in [0.3, 0.4) is 0 Å². The van der Waals surface area contributed by atoms with E-state index < -0.39 is 0 Å². The molecule has 0 unspecified atom stereocenters. The van der Waals surface area contributed by atoms with Gasteiger partial charge < -0.3 is 19.2 Å². The number of rotatable bonds is 10. The van der Waals surface area contributed by atoms with Crippen molar-refractivity contribution in [2.45, 2.75) is 12.8 Å². The van der Waals surface area contributed by atoms with Crippen LogP contribution < -0.4 is 5.32 Å². The van der Waals surface area contributed by atoms with Gasteiger partial charge in [-0.3, -0.25) is 4.79 Å². The minimum atomic E-state index is -0.0418. The van der Waals surface area contributed by atoms with Crippen molar-refractivity contribution in [3.63, 3.8) is 0 Å². The van der Waals surface area contributed by atoms with Gasteiger partial charge in [0.2, 0.25) is 5.91 Å². The van der Waals surface area contributed by atoms with Gasteiger partial charge >= 0.3 is 0 Å². The van der Waals surface area contributed by atoms with Crippen LogP contribution in [0.2, 0.25) is 0 Å². The minimum Gasteiger partial charge on any atom is -0.441 e. The highest BCUT2D eigenvalue weighted by Crippen LogP contribution is 2.20. The van der Waals surface area contributed by atoms with E-state index in [9.17, 15) is 4.79 Å². The van der Waals surface area contributed by atoms with Crippen molar-refractivity contribution in [1.29, 1.82) is 0 Å². The first-order valence-electron chi connectivity index (χ1n) is 7.63. The Bertz CT molecular complexity index is 583. The monoisotopic (exact) mass is 318 g/mol. The number of carbonyl (C=O) groups excluding carboxylic acids is 1. The third-order valence-electron chi connectivity index (χ3n) is 3.18. The average molecular weight is 318 g/mol. The zero-order chi connectivity index (χ0) is 16.3. The highest BCUT2D eigenvalue weighted by molar-refractivity contribution is 5.76. The smallest absolute Gasteiger partial charge is 0.220 e. The predicted molar refractivity (Wildman–Crippen MR) is 86.0 cm³/mol. The Hall–Kier alpha value is -2.18. The Balaban J connectivity index is 1.66. The Labute approximate surface area is 135 Å². The first-order chi connectivity index (χ1) is 11.3. The molecule has 0 aliphatic carbocycles. The van der Waals surface area contributed by atoms with Crippen molar-refractivity contribution in [3.05, 3.63) is 42.4 Å². The van der Waals surface area contributed by atoms with E-state index in [2.05, 4.69) is 10.3 Å². The van der Waals surface area contributed by atoms with E-state index in [1.807, 2.05) is 30.3 Å². The number of methoxy groups -OCH3 is 1. The maximum Gasteiger partial charge on any atom is 0.220 e. The lowest BCUT2D eigenvalue weighted by Crippen LogP contribution is -2.27. The van der Waals surface area contributed by atoms with Gasteiger partial charge in [0, 0.05) is 32.1 Å². The standard InChI is InChI=1S/C17H22N2O4/c1-21-11-12-22-10-9-18-16(20)7-8-17-19-13-15(23-17)14-5-3-2-4-6-14/h2-6,13H,7-12H2,1H3,(H,18,20). The molecule has 124 valence electrons. The number of oxazole rings is 1. The van der Waals surface area contributed by atoms with Crippen molar-refractivity contribution in [3.8, 4) is 11.3 Å². The quantitative estimate of drug-likeness (QED) is 0.679. The lowest BCUT2D eigenvalue weighted by atomic mass is 10.2. The van der Waals surface area contributed by atoms with Crippen LogP contribution in [0.15, 0.2) is 40.9 Å². The number of nitrogens with zero attached hydrogens (tertiary/aromatic N) is 1. The van der Waals surface area contributed by atoms with Crippen molar-refractivity contribution in [2.24, 2.45) is 0 Å². The van der Waals surface area contributed by atoms with Crippen LogP contribution in [0, 0.1) is 0 Å². The number of benzene rings is 1. The fourth-order valence-electron chi connectivity index (χ4n) is 1.98. The fourth-order valence-corrected chi connectivity index (χ4v) is 1.98. The lowest BCUT2D eigenvalue weighted by Gasteiger charge is -2.05. The number of ether oxygens (including phenoxy) is 2. The third-order valence-corrected chi connectivity index (χ3v) is 3.18. The summed E-state index contributed by atoms with van der Waals surface area (Å²) in [4.78, 5) is 15.9. The summed E-state index contributed by atoms with van der Waals surface area (Å²) < 4.78 is 15.8. The molecule has 2 aromatic rings. The van der Waals surface area contributed by atoms with E-state index >= 15 is 0 Å². The molecule has 0 atom stereocenters. The van der Waals surface area contributed by atoms with E-state index in [0.29, 0.717) is 50.9 Å². The number of amides is 1. The number of aryl methyl sites for hydroxylation is 1. The zero-order valence-corrected chi connectivity index (χ0v) is 13.3.